The summed E-state index contributed by atoms with van der Waals surface area (Å²) >= 11 is 0. The van der Waals surface area contributed by atoms with Crippen LogP contribution in [0.3, 0.4) is 0 Å². The van der Waals surface area contributed by atoms with E-state index in [-0.39, 0.29) is 5.91 Å². The van der Waals surface area contributed by atoms with Crippen LogP contribution in [0.25, 0.3) is 0 Å². The highest BCUT2D eigenvalue weighted by molar-refractivity contribution is 5.75. The highest BCUT2D eigenvalue weighted by Crippen LogP contribution is 2.43. The van der Waals surface area contributed by atoms with Crippen LogP contribution in [0.2, 0.25) is 0 Å². The molecule has 5 rings (SSSR count). The molecule has 2 aromatic rings. The summed E-state index contributed by atoms with van der Waals surface area (Å²) in [4.78, 5) is 26.5. The summed E-state index contributed by atoms with van der Waals surface area (Å²) < 4.78 is 0. The van der Waals surface area contributed by atoms with Crippen molar-refractivity contribution < 1.29 is 4.79 Å². The third-order valence-corrected chi connectivity index (χ3v) is 8.28. The molecule has 0 unspecified atom stereocenters. The van der Waals surface area contributed by atoms with E-state index in [0.29, 0.717) is 19.0 Å². The van der Waals surface area contributed by atoms with E-state index in [2.05, 4.69) is 37.2 Å². The van der Waals surface area contributed by atoms with Gasteiger partial charge in [0.2, 0.25) is 5.91 Å². The molecule has 3 aliphatic rings. The van der Waals surface area contributed by atoms with Crippen molar-refractivity contribution in [2.24, 2.45) is 11.8 Å². The van der Waals surface area contributed by atoms with E-state index >= 15 is 0 Å². The molecule has 0 aliphatic carbocycles. The topological polar surface area (TPSA) is 61.4 Å². The van der Waals surface area contributed by atoms with Crippen LogP contribution >= 0.6 is 0 Å². The van der Waals surface area contributed by atoms with Crippen LogP contribution in [0.5, 0.6) is 0 Å². The number of hydrogen-bond donors (Lipinski definition) is 1. The van der Waals surface area contributed by atoms with Crippen LogP contribution < -0.4 is 5.32 Å². The molecule has 4 atom stereocenters. The summed E-state index contributed by atoms with van der Waals surface area (Å²) in [6, 6.07) is 9.60. The van der Waals surface area contributed by atoms with Crippen molar-refractivity contribution in [1.82, 2.24) is 25.1 Å². The van der Waals surface area contributed by atoms with Crippen molar-refractivity contribution in [3.05, 3.63) is 60.2 Å². The average molecular weight is 462 g/mol. The smallest absolute Gasteiger partial charge is 0.220 e. The second kappa shape index (κ2) is 11.4. The monoisotopic (exact) mass is 461 g/mol. The van der Waals surface area contributed by atoms with E-state index in [1.54, 1.807) is 0 Å². The number of aromatic nitrogens is 2. The number of nitrogens with zero attached hydrogens (tertiary/aromatic N) is 4. The van der Waals surface area contributed by atoms with Gasteiger partial charge in [-0.2, -0.15) is 0 Å². The van der Waals surface area contributed by atoms with Gasteiger partial charge >= 0.3 is 0 Å². The predicted molar refractivity (Wildman–Crippen MR) is 134 cm³/mol. The summed E-state index contributed by atoms with van der Waals surface area (Å²) in [5, 5.41) is 3.12. The van der Waals surface area contributed by atoms with Gasteiger partial charge in [0, 0.05) is 62.9 Å². The lowest BCUT2D eigenvalue weighted by Gasteiger charge is -2.57. The Hall–Kier alpha value is -2.31. The molecule has 3 saturated heterocycles. The van der Waals surface area contributed by atoms with Gasteiger partial charge in [0.25, 0.3) is 0 Å². The van der Waals surface area contributed by atoms with E-state index in [1.165, 1.54) is 56.4 Å². The van der Waals surface area contributed by atoms with Gasteiger partial charge in [-0.1, -0.05) is 6.07 Å². The Morgan fingerprint density at radius 2 is 1.88 bits per heavy atom. The molecule has 1 amide bonds. The number of nitrogens with one attached hydrogen (secondary N) is 1. The van der Waals surface area contributed by atoms with Crippen molar-refractivity contribution in [1.29, 1.82) is 0 Å². The zero-order valence-corrected chi connectivity index (χ0v) is 20.3. The first kappa shape index (κ1) is 23.4. The fourth-order valence-electron chi connectivity index (χ4n) is 6.84. The number of hydrogen-bond acceptors (Lipinski definition) is 5. The number of carbonyl (C=O) groups is 1. The largest absolute Gasteiger partial charge is 0.356 e. The normalized spacial score (nSPS) is 27.2. The molecule has 0 saturated carbocycles. The van der Waals surface area contributed by atoms with Gasteiger partial charge in [0.05, 0.1) is 0 Å². The number of likely N-dealkylation sites (tertiary alicyclic amines) is 1. The lowest BCUT2D eigenvalue weighted by Crippen LogP contribution is -2.64. The summed E-state index contributed by atoms with van der Waals surface area (Å²) in [7, 11) is 0. The van der Waals surface area contributed by atoms with Crippen molar-refractivity contribution >= 4 is 5.91 Å². The van der Waals surface area contributed by atoms with Gasteiger partial charge in [0.15, 0.2) is 0 Å². The van der Waals surface area contributed by atoms with Gasteiger partial charge < -0.3 is 5.32 Å². The Morgan fingerprint density at radius 3 is 2.71 bits per heavy atom. The quantitative estimate of drug-likeness (QED) is 0.617. The molecule has 1 N–H and O–H groups in total. The first-order valence-electron chi connectivity index (χ1n) is 13.3. The highest BCUT2D eigenvalue weighted by Gasteiger charge is 2.48. The molecular weight excluding hydrogens is 422 g/mol. The minimum atomic E-state index is 0.185. The zero-order valence-electron chi connectivity index (χ0n) is 20.3. The zero-order chi connectivity index (χ0) is 23.2. The van der Waals surface area contributed by atoms with Crippen LogP contribution in [0.15, 0.2) is 49.1 Å². The van der Waals surface area contributed by atoms with Gasteiger partial charge in [-0.3, -0.25) is 24.6 Å². The predicted octanol–water partition coefficient (Wildman–Crippen LogP) is 3.68. The fraction of sp³-hybridized carbons (Fsp3) is 0.607. The molecule has 6 heteroatoms. The molecule has 3 fully saturated rings. The summed E-state index contributed by atoms with van der Waals surface area (Å²) in [6.07, 6.45) is 16.4. The van der Waals surface area contributed by atoms with Gasteiger partial charge in [0.1, 0.15) is 0 Å². The maximum absolute atomic E-state index is 12.5. The Kier molecular flexibility index (Phi) is 7.86. The highest BCUT2D eigenvalue weighted by atomic mass is 16.1. The number of carbonyl (C=O) groups excluding carboxylic acids is 1. The van der Waals surface area contributed by atoms with Crippen LogP contribution in [-0.4, -0.2) is 63.9 Å². The second-order valence-corrected chi connectivity index (χ2v) is 10.4. The number of amides is 1. The molecule has 0 bridgehead atoms. The molecule has 6 nitrogen and oxygen atoms in total. The van der Waals surface area contributed by atoms with Gasteiger partial charge in [-0.05, 0) is 99.2 Å². The third-order valence-electron chi connectivity index (χ3n) is 8.28. The van der Waals surface area contributed by atoms with Crippen LogP contribution in [0, 0.1) is 11.8 Å². The second-order valence-electron chi connectivity index (χ2n) is 10.4. The first-order valence-corrected chi connectivity index (χ1v) is 13.3. The fourth-order valence-corrected chi connectivity index (χ4v) is 6.84. The van der Waals surface area contributed by atoms with Crippen molar-refractivity contribution in [2.75, 3.05) is 26.2 Å². The minimum Gasteiger partial charge on any atom is -0.356 e. The molecule has 0 spiro atoms. The first-order chi connectivity index (χ1) is 16.8. The molecule has 182 valence electrons. The van der Waals surface area contributed by atoms with E-state index in [9.17, 15) is 4.79 Å². The summed E-state index contributed by atoms with van der Waals surface area (Å²) in [5.74, 6) is 1.71. The number of pyridine rings is 2. The average Bonchev–Trinajstić information content (AvgIpc) is 2.87. The lowest BCUT2D eigenvalue weighted by molar-refractivity contribution is -0.121. The standard InChI is InChI=1S/C28H39N5O/c34-27(31-16-12-22-10-14-29-15-11-22)9-1-8-26-25-7-4-18-32-17-3-6-24(28(25)32)21-33(26)20-23-5-2-13-30-19-23/h2,5,10-11,13-15,19,24-26,28H,1,3-4,6-9,12,16-18,20-21H2,(H,31,34)/t24-,25+,26+,28-/m0/s1. The molecule has 3 aliphatic heterocycles. The lowest BCUT2D eigenvalue weighted by atomic mass is 9.69. The van der Waals surface area contributed by atoms with Crippen molar-refractivity contribution in [3.8, 4) is 0 Å². The molecule has 34 heavy (non-hydrogen) atoms. The van der Waals surface area contributed by atoms with E-state index in [4.69, 9.17) is 0 Å². The molecule has 0 radical (unpaired) electrons. The van der Waals surface area contributed by atoms with E-state index < -0.39 is 0 Å². The Morgan fingerprint density at radius 1 is 1.03 bits per heavy atom. The Labute approximate surface area is 204 Å². The van der Waals surface area contributed by atoms with Gasteiger partial charge in [-0.25, -0.2) is 0 Å². The van der Waals surface area contributed by atoms with Crippen LogP contribution in [-0.2, 0) is 17.8 Å². The summed E-state index contributed by atoms with van der Waals surface area (Å²) in [5.41, 5.74) is 2.52. The van der Waals surface area contributed by atoms with E-state index in [1.807, 2.05) is 36.9 Å². The number of piperidine rings is 3. The van der Waals surface area contributed by atoms with E-state index in [0.717, 1.165) is 43.7 Å². The molecular formula is C28H39N5O. The maximum Gasteiger partial charge on any atom is 0.220 e. The van der Waals surface area contributed by atoms with Crippen molar-refractivity contribution in [3.63, 3.8) is 0 Å². The number of rotatable bonds is 9. The maximum atomic E-state index is 12.5. The minimum absolute atomic E-state index is 0.185. The Balaban J connectivity index is 1.18. The molecule has 0 aromatic carbocycles. The molecule has 5 heterocycles. The van der Waals surface area contributed by atoms with Crippen LogP contribution in [0.4, 0.5) is 0 Å². The molecule has 2 aromatic heterocycles. The Bertz CT molecular complexity index is 906. The third kappa shape index (κ3) is 5.66. The van der Waals surface area contributed by atoms with Gasteiger partial charge in [-0.15, -0.1) is 0 Å². The van der Waals surface area contributed by atoms with Crippen molar-refractivity contribution in [2.45, 2.75) is 70.0 Å². The summed E-state index contributed by atoms with van der Waals surface area (Å²) in [6.45, 7) is 5.44. The SMILES string of the molecule is O=C(CCC[C@@H]1[C@H]2CCCN3CCC[C@@H](CN1Cc1cccnc1)[C@@H]23)NCCc1ccncc1. The van der Waals surface area contributed by atoms with Crippen LogP contribution in [0.1, 0.15) is 56.1 Å².